The fourth-order valence-corrected chi connectivity index (χ4v) is 1.10. The Morgan fingerprint density at radius 3 is 2.55 bits per heavy atom. The van der Waals surface area contributed by atoms with Gasteiger partial charge in [0.25, 0.3) is 0 Å². The number of hydrogen-bond acceptors (Lipinski definition) is 4. The summed E-state index contributed by atoms with van der Waals surface area (Å²) in [5.74, 6) is 0.414. The average Bonchev–Trinajstić information content (AvgIpc) is 1.82. The molecule has 0 aromatic rings. The zero-order chi connectivity index (χ0) is 8.85. The highest BCUT2D eigenvalue weighted by Gasteiger charge is 2.07. The van der Waals surface area contributed by atoms with Crippen molar-refractivity contribution in [1.29, 1.82) is 5.41 Å². The van der Waals surface area contributed by atoms with E-state index in [1.807, 2.05) is 13.8 Å². The summed E-state index contributed by atoms with van der Waals surface area (Å²) in [5.41, 5.74) is 0. The molecular formula is C7H13NO2S. The van der Waals surface area contributed by atoms with Crippen LogP contribution in [0.1, 0.15) is 27.2 Å². The Kier molecular flexibility index (Phi) is 4.94. The summed E-state index contributed by atoms with van der Waals surface area (Å²) in [4.78, 5) is 10.9. The van der Waals surface area contributed by atoms with Gasteiger partial charge in [0.05, 0.1) is 0 Å². The van der Waals surface area contributed by atoms with E-state index in [1.165, 1.54) is 6.92 Å². The monoisotopic (exact) mass is 175 g/mol. The third-order valence-electron chi connectivity index (χ3n) is 0.835. The van der Waals surface area contributed by atoms with Crippen LogP contribution in [0.15, 0.2) is 0 Å². The summed E-state index contributed by atoms with van der Waals surface area (Å²) in [5, 5.41) is 6.85. The van der Waals surface area contributed by atoms with Crippen LogP contribution in [0.3, 0.4) is 0 Å². The van der Waals surface area contributed by atoms with Gasteiger partial charge in [-0.25, -0.2) is 0 Å². The Labute approximate surface area is 71.2 Å². The van der Waals surface area contributed by atoms with Crippen molar-refractivity contribution in [2.75, 3.05) is 0 Å². The topological polar surface area (TPSA) is 50.1 Å². The summed E-state index contributed by atoms with van der Waals surface area (Å²) >= 11 is 0.749. The van der Waals surface area contributed by atoms with Crippen LogP contribution in [0.2, 0.25) is 0 Å². The maximum Gasteiger partial charge on any atom is 0.228 e. The van der Waals surface area contributed by atoms with Crippen LogP contribution in [-0.4, -0.2) is 11.0 Å². The van der Waals surface area contributed by atoms with Gasteiger partial charge in [-0.2, -0.15) is 0 Å². The van der Waals surface area contributed by atoms with E-state index in [-0.39, 0.29) is 11.0 Å². The van der Waals surface area contributed by atoms with E-state index in [0.717, 1.165) is 12.0 Å². The molecule has 3 nitrogen and oxygen atoms in total. The zero-order valence-corrected chi connectivity index (χ0v) is 7.83. The standard InChI is InChI=1S/C7H13NO2S/c1-5(2)4-7(9)11-10-6(3)8/h5,8H,4H2,1-3H3. The number of carbonyl (C=O) groups is 1. The normalized spacial score (nSPS) is 9.82. The Morgan fingerprint density at radius 2 is 2.18 bits per heavy atom. The van der Waals surface area contributed by atoms with Crippen LogP contribution in [-0.2, 0) is 8.98 Å². The summed E-state index contributed by atoms with van der Waals surface area (Å²) in [7, 11) is 0. The summed E-state index contributed by atoms with van der Waals surface area (Å²) in [6, 6.07) is 0. The number of nitrogens with one attached hydrogen (secondary N) is 1. The average molecular weight is 175 g/mol. The van der Waals surface area contributed by atoms with Crippen molar-refractivity contribution < 1.29 is 8.98 Å². The molecule has 64 valence electrons. The van der Waals surface area contributed by atoms with Gasteiger partial charge in [-0.1, -0.05) is 13.8 Å². The van der Waals surface area contributed by atoms with Gasteiger partial charge in [0.1, 0.15) is 12.0 Å². The minimum atomic E-state index is -0.0217. The zero-order valence-electron chi connectivity index (χ0n) is 7.01. The Hall–Kier alpha value is -0.510. The lowest BCUT2D eigenvalue weighted by Gasteiger charge is -2.02. The second kappa shape index (κ2) is 5.18. The van der Waals surface area contributed by atoms with Crippen molar-refractivity contribution in [3.05, 3.63) is 0 Å². The van der Waals surface area contributed by atoms with Crippen LogP contribution in [0.4, 0.5) is 0 Å². The minimum Gasteiger partial charge on any atom is -0.403 e. The molecule has 0 amide bonds. The quantitative estimate of drug-likeness (QED) is 0.397. The third kappa shape index (κ3) is 7.39. The second-order valence-corrected chi connectivity index (χ2v) is 3.48. The Balaban J connectivity index is 3.45. The molecule has 11 heavy (non-hydrogen) atoms. The molecule has 0 aliphatic rings. The molecule has 0 aliphatic heterocycles. The first kappa shape index (κ1) is 10.5. The van der Waals surface area contributed by atoms with Gasteiger partial charge in [0.2, 0.25) is 5.12 Å². The van der Waals surface area contributed by atoms with Crippen molar-refractivity contribution in [3.8, 4) is 0 Å². The van der Waals surface area contributed by atoms with Gasteiger partial charge in [0.15, 0.2) is 5.90 Å². The predicted molar refractivity (Wildman–Crippen MR) is 46.5 cm³/mol. The molecular weight excluding hydrogens is 162 g/mol. The molecule has 0 rings (SSSR count). The highest BCUT2D eigenvalue weighted by atomic mass is 32.2. The molecule has 0 aromatic heterocycles. The van der Waals surface area contributed by atoms with E-state index in [4.69, 9.17) is 5.41 Å². The molecule has 0 saturated carbocycles. The third-order valence-corrected chi connectivity index (χ3v) is 1.52. The molecule has 0 aliphatic carbocycles. The predicted octanol–water partition coefficient (Wildman–Crippen LogP) is 2.22. The van der Waals surface area contributed by atoms with E-state index in [9.17, 15) is 4.79 Å². The van der Waals surface area contributed by atoms with E-state index < -0.39 is 0 Å². The molecule has 0 spiro atoms. The molecule has 0 fully saturated rings. The molecule has 0 radical (unpaired) electrons. The number of carbonyl (C=O) groups excluding carboxylic acids is 1. The summed E-state index contributed by atoms with van der Waals surface area (Å²) in [6.07, 6.45) is 0.498. The molecule has 4 heteroatoms. The van der Waals surface area contributed by atoms with Gasteiger partial charge in [-0.3, -0.25) is 10.2 Å². The largest absolute Gasteiger partial charge is 0.403 e. The number of rotatable bonds is 2. The molecule has 0 heterocycles. The van der Waals surface area contributed by atoms with Gasteiger partial charge in [-0.05, 0) is 5.92 Å². The van der Waals surface area contributed by atoms with Crippen molar-refractivity contribution in [2.45, 2.75) is 27.2 Å². The maximum atomic E-state index is 10.9. The first-order valence-corrected chi connectivity index (χ1v) is 4.19. The fraction of sp³-hybridized carbons (Fsp3) is 0.714. The van der Waals surface area contributed by atoms with E-state index in [0.29, 0.717) is 12.3 Å². The highest BCUT2D eigenvalue weighted by Crippen LogP contribution is 2.12. The fourth-order valence-electron chi connectivity index (χ4n) is 0.476. The molecule has 1 N–H and O–H groups in total. The first-order chi connectivity index (χ1) is 5.02. The summed E-state index contributed by atoms with van der Waals surface area (Å²) in [6.45, 7) is 5.43. The SMILES string of the molecule is CC(=N)OSC(=O)CC(C)C. The maximum absolute atomic E-state index is 10.9. The van der Waals surface area contributed by atoms with Crippen LogP contribution in [0.25, 0.3) is 0 Å². The van der Waals surface area contributed by atoms with Gasteiger partial charge < -0.3 is 4.18 Å². The summed E-state index contributed by atoms with van der Waals surface area (Å²) < 4.78 is 4.65. The molecule has 0 saturated heterocycles. The van der Waals surface area contributed by atoms with Crippen LogP contribution >= 0.6 is 12.0 Å². The van der Waals surface area contributed by atoms with Gasteiger partial charge >= 0.3 is 0 Å². The molecule has 0 aromatic carbocycles. The molecule has 0 atom stereocenters. The second-order valence-electron chi connectivity index (χ2n) is 2.69. The van der Waals surface area contributed by atoms with Gasteiger partial charge in [0, 0.05) is 13.3 Å². The Bertz CT molecular complexity index is 157. The van der Waals surface area contributed by atoms with Crippen LogP contribution < -0.4 is 0 Å². The number of hydrogen-bond donors (Lipinski definition) is 1. The lowest BCUT2D eigenvalue weighted by molar-refractivity contribution is -0.111. The van der Waals surface area contributed by atoms with E-state index in [1.54, 1.807) is 0 Å². The van der Waals surface area contributed by atoms with E-state index >= 15 is 0 Å². The lowest BCUT2D eigenvalue weighted by atomic mass is 10.2. The smallest absolute Gasteiger partial charge is 0.228 e. The van der Waals surface area contributed by atoms with Crippen molar-refractivity contribution >= 4 is 23.1 Å². The van der Waals surface area contributed by atoms with Crippen LogP contribution in [0, 0.1) is 11.3 Å². The lowest BCUT2D eigenvalue weighted by Crippen LogP contribution is -2.00. The van der Waals surface area contributed by atoms with Crippen molar-refractivity contribution in [2.24, 2.45) is 5.92 Å². The minimum absolute atomic E-state index is 0.0217. The van der Waals surface area contributed by atoms with Gasteiger partial charge in [-0.15, -0.1) is 0 Å². The Morgan fingerprint density at radius 1 is 1.64 bits per heavy atom. The highest BCUT2D eigenvalue weighted by molar-refractivity contribution is 8.09. The van der Waals surface area contributed by atoms with E-state index in [2.05, 4.69) is 4.18 Å². The first-order valence-electron chi connectivity index (χ1n) is 3.45. The van der Waals surface area contributed by atoms with Crippen molar-refractivity contribution in [1.82, 2.24) is 0 Å². The van der Waals surface area contributed by atoms with Crippen LogP contribution in [0.5, 0.6) is 0 Å². The molecule has 0 bridgehead atoms. The molecule has 0 unspecified atom stereocenters. The van der Waals surface area contributed by atoms with Crippen molar-refractivity contribution in [3.63, 3.8) is 0 Å².